The Hall–Kier alpha value is -2.47. The van der Waals surface area contributed by atoms with Gasteiger partial charge in [-0.05, 0) is 29.8 Å². The number of hydrogen-bond acceptors (Lipinski definition) is 3. The summed E-state index contributed by atoms with van der Waals surface area (Å²) in [5.74, 6) is 0. The zero-order valence-corrected chi connectivity index (χ0v) is 11.2. The Morgan fingerprint density at radius 3 is 2.41 bits per heavy atom. The Morgan fingerprint density at radius 2 is 1.73 bits per heavy atom. The van der Waals surface area contributed by atoms with E-state index >= 15 is 0 Å². The van der Waals surface area contributed by atoms with Crippen LogP contribution in [0.2, 0.25) is 0 Å². The molecule has 3 aromatic rings. The minimum Gasteiger partial charge on any atom is -0.382 e. The van der Waals surface area contributed by atoms with Crippen molar-refractivity contribution in [2.24, 2.45) is 0 Å². The quantitative estimate of drug-likeness (QED) is 0.784. The lowest BCUT2D eigenvalue weighted by molar-refractivity contribution is -0.141. The number of aromatic nitrogens is 2. The van der Waals surface area contributed by atoms with Crippen molar-refractivity contribution < 1.29 is 18.3 Å². The van der Waals surface area contributed by atoms with Gasteiger partial charge in [0.05, 0.1) is 11.2 Å². The highest BCUT2D eigenvalue weighted by atomic mass is 19.4. The Bertz CT molecular complexity index is 803. The molecule has 22 heavy (non-hydrogen) atoms. The molecule has 0 fully saturated rings. The first-order valence-electron chi connectivity index (χ1n) is 6.52. The molecule has 112 valence electrons. The third-order valence-corrected chi connectivity index (χ3v) is 3.30. The average Bonchev–Trinajstić information content (AvgIpc) is 2.53. The molecule has 0 radical (unpaired) electrons. The number of aliphatic hydroxyl groups excluding tert-OH is 1. The molecule has 6 heteroatoms. The molecule has 1 aromatic carbocycles. The zero-order valence-electron chi connectivity index (χ0n) is 11.2. The van der Waals surface area contributed by atoms with Gasteiger partial charge in [0.2, 0.25) is 0 Å². The van der Waals surface area contributed by atoms with E-state index < -0.39 is 18.0 Å². The predicted octanol–water partition coefficient (Wildman–Crippen LogP) is 3.73. The summed E-state index contributed by atoms with van der Waals surface area (Å²) in [5, 5.41) is 10.9. The molecule has 1 N–H and O–H groups in total. The fraction of sp³-hybridized carbons (Fsp3) is 0.125. The summed E-state index contributed by atoms with van der Waals surface area (Å²) >= 11 is 0. The molecule has 0 spiro atoms. The van der Waals surface area contributed by atoms with Crippen molar-refractivity contribution in [2.75, 3.05) is 0 Å². The first kappa shape index (κ1) is 14.5. The molecule has 0 unspecified atom stereocenters. The number of halogens is 3. The molecule has 0 saturated carbocycles. The zero-order chi connectivity index (χ0) is 15.7. The molecule has 0 bridgehead atoms. The van der Waals surface area contributed by atoms with Gasteiger partial charge in [-0.25, -0.2) is 4.98 Å². The SMILES string of the molecule is O[C@H](c1ccccn1)c1cc(C(F)(F)F)nc2ccccc12. The molecular formula is C16H11F3N2O. The van der Waals surface area contributed by atoms with E-state index in [0.29, 0.717) is 5.39 Å². The number of nitrogens with zero attached hydrogens (tertiary/aromatic N) is 2. The first-order valence-corrected chi connectivity index (χ1v) is 6.52. The standard InChI is InChI=1S/C16H11F3N2O/c17-16(18,19)14-9-11(10-5-1-2-6-12(10)21-14)15(22)13-7-3-4-8-20-13/h1-9,15,22H/t15-/m0/s1. The van der Waals surface area contributed by atoms with Crippen LogP contribution in [0.5, 0.6) is 0 Å². The van der Waals surface area contributed by atoms with Gasteiger partial charge in [0.15, 0.2) is 0 Å². The monoisotopic (exact) mass is 304 g/mol. The van der Waals surface area contributed by atoms with Crippen LogP contribution in [0.25, 0.3) is 10.9 Å². The smallest absolute Gasteiger partial charge is 0.382 e. The third kappa shape index (κ3) is 2.65. The van der Waals surface area contributed by atoms with Crippen molar-refractivity contribution in [3.63, 3.8) is 0 Å². The number of hydrogen-bond donors (Lipinski definition) is 1. The average molecular weight is 304 g/mol. The van der Waals surface area contributed by atoms with Gasteiger partial charge >= 0.3 is 6.18 Å². The van der Waals surface area contributed by atoms with Crippen LogP contribution in [0.15, 0.2) is 54.7 Å². The highest BCUT2D eigenvalue weighted by molar-refractivity contribution is 5.83. The summed E-state index contributed by atoms with van der Waals surface area (Å²) < 4.78 is 39.0. The highest BCUT2D eigenvalue weighted by Crippen LogP contribution is 2.34. The summed E-state index contributed by atoms with van der Waals surface area (Å²) in [6, 6.07) is 12.2. The van der Waals surface area contributed by atoms with Crippen LogP contribution in [0, 0.1) is 0 Å². The minimum atomic E-state index is -4.58. The van der Waals surface area contributed by atoms with E-state index in [1.54, 1.807) is 36.4 Å². The van der Waals surface area contributed by atoms with Crippen molar-refractivity contribution in [2.45, 2.75) is 12.3 Å². The lowest BCUT2D eigenvalue weighted by Gasteiger charge is -2.16. The number of fused-ring (bicyclic) bond motifs is 1. The second-order valence-corrected chi connectivity index (χ2v) is 4.77. The van der Waals surface area contributed by atoms with Crippen molar-refractivity contribution in [1.29, 1.82) is 0 Å². The van der Waals surface area contributed by atoms with Crippen LogP contribution < -0.4 is 0 Å². The molecular weight excluding hydrogens is 293 g/mol. The van der Waals surface area contributed by atoms with Crippen molar-refractivity contribution >= 4 is 10.9 Å². The number of aliphatic hydroxyl groups is 1. The number of benzene rings is 1. The van der Waals surface area contributed by atoms with Crippen LogP contribution in [-0.2, 0) is 6.18 Å². The molecule has 0 aliphatic carbocycles. The van der Waals surface area contributed by atoms with Crippen molar-refractivity contribution in [3.05, 3.63) is 71.7 Å². The molecule has 1 atom stereocenters. The van der Waals surface area contributed by atoms with Gasteiger partial charge in [0, 0.05) is 11.6 Å². The van der Waals surface area contributed by atoms with Crippen LogP contribution in [0.4, 0.5) is 13.2 Å². The van der Waals surface area contributed by atoms with Crippen LogP contribution in [0.3, 0.4) is 0 Å². The topological polar surface area (TPSA) is 46.0 Å². The summed E-state index contributed by atoms with van der Waals surface area (Å²) in [5.41, 5.74) is -0.429. The number of alkyl halides is 3. The Kier molecular flexibility index (Phi) is 3.54. The molecule has 0 aliphatic heterocycles. The lowest BCUT2D eigenvalue weighted by atomic mass is 10.00. The van der Waals surface area contributed by atoms with E-state index in [4.69, 9.17) is 0 Å². The van der Waals surface area contributed by atoms with Gasteiger partial charge in [-0.2, -0.15) is 13.2 Å². The Balaban J connectivity index is 2.23. The fourth-order valence-corrected chi connectivity index (χ4v) is 2.27. The summed E-state index contributed by atoms with van der Waals surface area (Å²) in [7, 11) is 0. The van der Waals surface area contributed by atoms with E-state index in [1.165, 1.54) is 12.3 Å². The Morgan fingerprint density at radius 1 is 1.00 bits per heavy atom. The molecule has 0 saturated heterocycles. The first-order chi connectivity index (χ1) is 10.5. The van der Waals surface area contributed by atoms with Gasteiger partial charge in [-0.15, -0.1) is 0 Å². The van der Waals surface area contributed by atoms with Gasteiger partial charge in [-0.3, -0.25) is 4.98 Å². The summed E-state index contributed by atoms with van der Waals surface area (Å²) in [6.07, 6.45) is -4.36. The summed E-state index contributed by atoms with van der Waals surface area (Å²) in [6.45, 7) is 0. The minimum absolute atomic E-state index is 0.136. The normalized spacial score (nSPS) is 13.3. The van der Waals surface area contributed by atoms with E-state index in [1.807, 2.05) is 0 Å². The molecule has 0 aliphatic rings. The van der Waals surface area contributed by atoms with E-state index in [0.717, 1.165) is 6.07 Å². The van der Waals surface area contributed by atoms with Crippen molar-refractivity contribution in [1.82, 2.24) is 9.97 Å². The molecule has 3 nitrogen and oxygen atoms in total. The van der Waals surface area contributed by atoms with Gasteiger partial charge < -0.3 is 5.11 Å². The van der Waals surface area contributed by atoms with Gasteiger partial charge in [-0.1, -0.05) is 24.3 Å². The largest absolute Gasteiger partial charge is 0.433 e. The van der Waals surface area contributed by atoms with E-state index in [-0.39, 0.29) is 16.8 Å². The number of para-hydroxylation sites is 1. The molecule has 0 amide bonds. The van der Waals surface area contributed by atoms with Crippen LogP contribution in [-0.4, -0.2) is 15.1 Å². The lowest BCUT2D eigenvalue weighted by Crippen LogP contribution is -2.11. The van der Waals surface area contributed by atoms with E-state index in [9.17, 15) is 18.3 Å². The highest BCUT2D eigenvalue weighted by Gasteiger charge is 2.34. The van der Waals surface area contributed by atoms with Crippen molar-refractivity contribution in [3.8, 4) is 0 Å². The predicted molar refractivity (Wildman–Crippen MR) is 75.0 cm³/mol. The fourth-order valence-electron chi connectivity index (χ4n) is 2.27. The second-order valence-electron chi connectivity index (χ2n) is 4.77. The maximum Gasteiger partial charge on any atom is 0.433 e. The third-order valence-electron chi connectivity index (χ3n) is 3.30. The van der Waals surface area contributed by atoms with Crippen LogP contribution in [0.1, 0.15) is 23.1 Å². The van der Waals surface area contributed by atoms with Crippen LogP contribution >= 0.6 is 0 Å². The number of pyridine rings is 2. The molecule has 3 rings (SSSR count). The maximum absolute atomic E-state index is 13.0. The second kappa shape index (κ2) is 5.38. The molecule has 2 heterocycles. The Labute approximate surface area is 124 Å². The van der Waals surface area contributed by atoms with Gasteiger partial charge in [0.25, 0.3) is 0 Å². The van der Waals surface area contributed by atoms with Gasteiger partial charge in [0.1, 0.15) is 11.8 Å². The number of rotatable bonds is 2. The molecule has 2 aromatic heterocycles. The summed E-state index contributed by atoms with van der Waals surface area (Å²) in [4.78, 5) is 7.63. The maximum atomic E-state index is 13.0. The van der Waals surface area contributed by atoms with E-state index in [2.05, 4.69) is 9.97 Å².